The minimum Gasteiger partial charge on any atom is -0.480 e. The number of rotatable bonds is 5. The smallest absolute Gasteiger partial charge is 0.328 e. The first kappa shape index (κ1) is 24.6. The third-order valence-electron chi connectivity index (χ3n) is 5.28. The summed E-state index contributed by atoms with van der Waals surface area (Å²) in [6.07, 6.45) is -0.608. The van der Waals surface area contributed by atoms with Gasteiger partial charge in [-0.05, 0) is 0 Å². The van der Waals surface area contributed by atoms with E-state index in [1.807, 2.05) is 0 Å². The monoisotopic (exact) mass is 454 g/mol. The molecule has 4 unspecified atom stereocenters. The highest BCUT2D eigenvalue weighted by Gasteiger charge is 2.54. The van der Waals surface area contributed by atoms with E-state index >= 15 is 0 Å². The normalized spacial score (nSPS) is 26.5. The molecule has 4 N–H and O–H groups in total. The molecule has 3 heterocycles. The van der Waals surface area contributed by atoms with E-state index in [1.54, 1.807) is 6.92 Å². The number of nitrogens with two attached hydrogens (primary N) is 1. The highest BCUT2D eigenvalue weighted by Crippen LogP contribution is 2.30. The summed E-state index contributed by atoms with van der Waals surface area (Å²) in [7, 11) is 1.28. The van der Waals surface area contributed by atoms with Crippen LogP contribution in [0.4, 0.5) is 0 Å². The number of likely N-dealkylation sites (N-methyl/N-ethyl adjacent to an activating group) is 1. The molecule has 3 fully saturated rings. The Balaban J connectivity index is 0.000000344. The van der Waals surface area contributed by atoms with Crippen LogP contribution in [-0.2, 0) is 38.4 Å². The molecule has 3 saturated heterocycles. The van der Waals surface area contributed by atoms with Crippen LogP contribution in [0.3, 0.4) is 0 Å². The van der Waals surface area contributed by atoms with Crippen LogP contribution in [0.15, 0.2) is 12.3 Å². The molecule has 0 aromatic heterocycles. The Hall–Kier alpha value is -3.65. The van der Waals surface area contributed by atoms with Gasteiger partial charge in [-0.3, -0.25) is 48.3 Å². The van der Waals surface area contributed by atoms with E-state index in [0.29, 0.717) is 0 Å². The topological polar surface area (TPSA) is 205 Å². The lowest BCUT2D eigenvalue weighted by Gasteiger charge is -2.23. The van der Waals surface area contributed by atoms with Crippen molar-refractivity contribution in [2.24, 2.45) is 11.7 Å². The molecule has 3 rings (SSSR count). The van der Waals surface area contributed by atoms with Gasteiger partial charge in [0.1, 0.15) is 12.1 Å². The lowest BCUT2D eigenvalue weighted by molar-refractivity contribution is -0.208. The van der Waals surface area contributed by atoms with Crippen molar-refractivity contribution in [2.45, 2.75) is 44.3 Å². The fourth-order valence-corrected chi connectivity index (χ4v) is 3.43. The van der Waals surface area contributed by atoms with E-state index in [9.17, 15) is 33.6 Å². The lowest BCUT2D eigenvalue weighted by atomic mass is 10.1. The van der Waals surface area contributed by atoms with Crippen molar-refractivity contribution in [3.63, 3.8) is 0 Å². The van der Waals surface area contributed by atoms with Crippen molar-refractivity contribution in [2.75, 3.05) is 7.05 Å². The van der Waals surface area contributed by atoms with Gasteiger partial charge in [0.25, 0.3) is 11.8 Å². The van der Waals surface area contributed by atoms with E-state index in [1.165, 1.54) is 7.05 Å². The first-order valence-corrected chi connectivity index (χ1v) is 9.34. The number of nitrogens with zero attached hydrogens (tertiary/aromatic N) is 3. The number of carboxylic acids is 1. The minimum atomic E-state index is -1.37. The lowest BCUT2D eigenvalue weighted by Crippen LogP contribution is -2.49. The van der Waals surface area contributed by atoms with Crippen LogP contribution in [-0.4, -0.2) is 91.6 Å². The van der Waals surface area contributed by atoms with Crippen LogP contribution in [0.2, 0.25) is 0 Å². The molecular weight excluding hydrogens is 432 g/mol. The molecular formula is C18H22N4O10. The molecule has 0 aliphatic carbocycles. The molecule has 0 spiro atoms. The molecule has 0 radical (unpaired) electrons. The number of aliphatic carboxylic acids is 1. The second-order valence-electron chi connectivity index (χ2n) is 7.41. The highest BCUT2D eigenvalue weighted by atomic mass is 17.1. The quantitative estimate of drug-likeness (QED) is 0.174. The van der Waals surface area contributed by atoms with Crippen LogP contribution in [0.5, 0.6) is 0 Å². The third-order valence-corrected chi connectivity index (χ3v) is 5.28. The van der Waals surface area contributed by atoms with Gasteiger partial charge < -0.3 is 15.7 Å². The number of carboxylic acid groups (broad SMARTS) is 1. The Morgan fingerprint density at radius 1 is 0.969 bits per heavy atom. The van der Waals surface area contributed by atoms with Gasteiger partial charge in [0.15, 0.2) is 11.8 Å². The molecule has 6 amide bonds. The van der Waals surface area contributed by atoms with Crippen LogP contribution < -0.4 is 5.73 Å². The summed E-state index contributed by atoms with van der Waals surface area (Å²) >= 11 is 0. The zero-order valence-electron chi connectivity index (χ0n) is 17.2. The average Bonchev–Trinajstić information content (AvgIpc) is 3.26. The predicted octanol–water partition coefficient (Wildman–Crippen LogP) is -2.33. The summed E-state index contributed by atoms with van der Waals surface area (Å²) in [4.78, 5) is 88.1. The molecule has 3 aliphatic heterocycles. The van der Waals surface area contributed by atoms with Crippen LogP contribution in [0.1, 0.15) is 26.2 Å². The molecule has 0 aromatic rings. The maximum Gasteiger partial charge on any atom is 0.328 e. The molecule has 0 bridgehead atoms. The number of amides is 6. The zero-order valence-corrected chi connectivity index (χ0v) is 17.2. The maximum atomic E-state index is 12.5. The summed E-state index contributed by atoms with van der Waals surface area (Å²) in [6, 6.07) is -3.75. The van der Waals surface area contributed by atoms with E-state index in [-0.39, 0.29) is 25.0 Å². The fraction of sp³-hybridized carbons (Fsp3) is 0.500. The first-order valence-electron chi connectivity index (χ1n) is 9.34. The standard InChI is InChI=1S/C14H15N3O6.C4H7NO4/c1-6-3-10(19)16(12(6)21)8-5-11(20)17(14(8)23)7-4-9(18)15(2)13(7)22;1-2(9-8)3(5)4(6)7/h6-8H,3-5H2,1-2H3;3,8H,1,5H2,(H,6,7). The summed E-state index contributed by atoms with van der Waals surface area (Å²) in [5.74, 6) is -5.74. The number of carbonyl (C=O) groups excluding carboxylic acids is 6. The van der Waals surface area contributed by atoms with Gasteiger partial charge in [-0.15, -0.1) is 0 Å². The third kappa shape index (κ3) is 4.36. The molecule has 174 valence electrons. The van der Waals surface area contributed by atoms with Crippen molar-refractivity contribution in [3.8, 4) is 0 Å². The Morgan fingerprint density at radius 2 is 1.44 bits per heavy atom. The highest BCUT2D eigenvalue weighted by molar-refractivity contribution is 6.16. The van der Waals surface area contributed by atoms with Gasteiger partial charge in [-0.1, -0.05) is 13.5 Å². The molecule has 3 aliphatic rings. The Morgan fingerprint density at radius 3 is 1.81 bits per heavy atom. The summed E-state index contributed by atoms with van der Waals surface area (Å²) in [5, 5.41) is 15.9. The Kier molecular flexibility index (Phi) is 7.10. The number of carbonyl (C=O) groups is 7. The van der Waals surface area contributed by atoms with Gasteiger partial charge in [-0.25, -0.2) is 5.26 Å². The SMILES string of the molecule is C=C(OO)C(N)C(=O)O.CC1CC(=O)N(C2CC(=O)N(C3CC(=O)N(C)C3=O)C2=O)C1=O. The van der Waals surface area contributed by atoms with E-state index < -0.39 is 65.5 Å². The molecule has 0 aromatic carbocycles. The van der Waals surface area contributed by atoms with E-state index in [2.05, 4.69) is 11.5 Å². The molecule has 14 nitrogen and oxygen atoms in total. The van der Waals surface area contributed by atoms with Gasteiger partial charge in [0, 0.05) is 19.4 Å². The predicted molar refractivity (Wildman–Crippen MR) is 101 cm³/mol. The van der Waals surface area contributed by atoms with Crippen molar-refractivity contribution < 1.29 is 48.8 Å². The van der Waals surface area contributed by atoms with Gasteiger partial charge in [-0.2, -0.15) is 0 Å². The fourth-order valence-electron chi connectivity index (χ4n) is 3.43. The number of imide groups is 3. The second kappa shape index (κ2) is 9.23. The van der Waals surface area contributed by atoms with Gasteiger partial charge in [0.2, 0.25) is 23.6 Å². The molecule has 0 saturated carbocycles. The van der Waals surface area contributed by atoms with Crippen LogP contribution in [0.25, 0.3) is 0 Å². The van der Waals surface area contributed by atoms with Crippen molar-refractivity contribution in [1.29, 1.82) is 0 Å². The first-order chi connectivity index (χ1) is 14.8. The van der Waals surface area contributed by atoms with Crippen LogP contribution in [0, 0.1) is 5.92 Å². The summed E-state index contributed by atoms with van der Waals surface area (Å²) < 4.78 is 0. The van der Waals surface area contributed by atoms with E-state index in [0.717, 1.165) is 14.7 Å². The number of likely N-dealkylation sites (tertiary alicyclic amines) is 3. The zero-order chi connectivity index (χ0) is 24.5. The number of hydrogen-bond acceptors (Lipinski definition) is 10. The minimum absolute atomic E-state index is 0.000384. The number of hydrogen-bond donors (Lipinski definition) is 3. The summed E-state index contributed by atoms with van der Waals surface area (Å²) in [6.45, 7) is 4.59. The van der Waals surface area contributed by atoms with E-state index in [4.69, 9.17) is 16.1 Å². The van der Waals surface area contributed by atoms with Gasteiger partial charge >= 0.3 is 5.97 Å². The maximum absolute atomic E-state index is 12.5. The largest absolute Gasteiger partial charge is 0.480 e. The van der Waals surface area contributed by atoms with Crippen LogP contribution >= 0.6 is 0 Å². The Labute approximate surface area is 181 Å². The van der Waals surface area contributed by atoms with Crippen molar-refractivity contribution in [1.82, 2.24) is 14.7 Å². The molecule has 4 atom stereocenters. The molecule has 32 heavy (non-hydrogen) atoms. The average molecular weight is 454 g/mol. The van der Waals surface area contributed by atoms with Crippen molar-refractivity contribution in [3.05, 3.63) is 12.3 Å². The second-order valence-corrected chi connectivity index (χ2v) is 7.41. The summed E-state index contributed by atoms with van der Waals surface area (Å²) in [5.41, 5.74) is 4.89. The van der Waals surface area contributed by atoms with Gasteiger partial charge in [0.05, 0.1) is 12.8 Å². The van der Waals surface area contributed by atoms with Crippen molar-refractivity contribution >= 4 is 41.4 Å². The Bertz CT molecular complexity index is 915. The molecule has 14 heteroatoms.